The molecular weight excluding hydrogens is 404 g/mol. The lowest BCUT2D eigenvalue weighted by Gasteiger charge is -2.20. The van der Waals surface area contributed by atoms with Crippen molar-refractivity contribution in [3.8, 4) is 0 Å². The van der Waals surface area contributed by atoms with Crippen LogP contribution in [-0.4, -0.2) is 35.0 Å². The molecule has 2 aromatic carbocycles. The molecule has 0 bridgehead atoms. The van der Waals surface area contributed by atoms with E-state index in [-0.39, 0.29) is 34.8 Å². The summed E-state index contributed by atoms with van der Waals surface area (Å²) in [6, 6.07) is 11.2. The summed E-state index contributed by atoms with van der Waals surface area (Å²) >= 11 is 1.42. The number of carbonyl (C=O) groups excluding carboxylic acids is 4. The molecular formula is C22H16N2O5S. The smallest absolute Gasteiger partial charge is 0.312 e. The number of carbonyl (C=O) groups is 4. The Bertz CT molecular complexity index is 1200. The summed E-state index contributed by atoms with van der Waals surface area (Å²) in [5.74, 6) is -1.80. The van der Waals surface area contributed by atoms with Crippen LogP contribution in [-0.2, 0) is 20.7 Å². The molecule has 1 aliphatic rings. The van der Waals surface area contributed by atoms with Gasteiger partial charge in [-0.1, -0.05) is 36.4 Å². The number of fused-ring (bicyclic) bond motifs is 2. The first-order chi connectivity index (χ1) is 14.4. The van der Waals surface area contributed by atoms with Crippen molar-refractivity contribution in [1.82, 2.24) is 4.98 Å². The molecule has 0 atom stereocenters. The highest BCUT2D eigenvalue weighted by molar-refractivity contribution is 7.09. The number of anilines is 1. The average molecular weight is 420 g/mol. The van der Waals surface area contributed by atoms with Crippen LogP contribution in [0.25, 0.3) is 0 Å². The van der Waals surface area contributed by atoms with Crippen LogP contribution in [0.3, 0.4) is 0 Å². The Hall–Kier alpha value is -3.65. The first-order valence-corrected chi connectivity index (χ1v) is 10.00. The number of rotatable bonds is 5. The van der Waals surface area contributed by atoms with Crippen molar-refractivity contribution < 1.29 is 23.9 Å². The second kappa shape index (κ2) is 8.00. The van der Waals surface area contributed by atoms with Gasteiger partial charge < -0.3 is 10.1 Å². The Morgan fingerprint density at radius 3 is 2.40 bits per heavy atom. The van der Waals surface area contributed by atoms with Gasteiger partial charge >= 0.3 is 5.97 Å². The highest BCUT2D eigenvalue weighted by atomic mass is 32.1. The molecule has 1 aliphatic carbocycles. The SMILES string of the molecule is Cc1nc(CC(=O)OCC(=O)Nc2cccc3c2C(=O)c2ccccc2C3=O)cs1. The Morgan fingerprint density at radius 2 is 1.70 bits per heavy atom. The number of hydrogen-bond acceptors (Lipinski definition) is 7. The van der Waals surface area contributed by atoms with Crippen molar-refractivity contribution >= 4 is 40.5 Å². The third-order valence-corrected chi connectivity index (χ3v) is 5.41. The number of nitrogens with zero attached hydrogens (tertiary/aromatic N) is 1. The van der Waals surface area contributed by atoms with E-state index in [1.807, 2.05) is 6.92 Å². The van der Waals surface area contributed by atoms with Crippen LogP contribution in [0.1, 0.15) is 42.5 Å². The van der Waals surface area contributed by atoms with Crippen molar-refractivity contribution in [2.75, 3.05) is 11.9 Å². The minimum Gasteiger partial charge on any atom is -0.455 e. The maximum Gasteiger partial charge on any atom is 0.312 e. The van der Waals surface area contributed by atoms with E-state index in [1.54, 1.807) is 41.8 Å². The predicted molar refractivity (Wildman–Crippen MR) is 110 cm³/mol. The first-order valence-electron chi connectivity index (χ1n) is 9.12. The molecule has 1 aromatic heterocycles. The molecule has 4 rings (SSSR count). The molecule has 0 spiro atoms. The van der Waals surface area contributed by atoms with Crippen molar-refractivity contribution in [1.29, 1.82) is 0 Å². The molecule has 7 nitrogen and oxygen atoms in total. The third-order valence-electron chi connectivity index (χ3n) is 4.58. The van der Waals surface area contributed by atoms with E-state index in [1.165, 1.54) is 17.4 Å². The molecule has 0 saturated heterocycles. The minimum absolute atomic E-state index is 0.0257. The summed E-state index contributed by atoms with van der Waals surface area (Å²) in [4.78, 5) is 54.1. The molecule has 0 radical (unpaired) electrons. The number of benzene rings is 2. The Kier molecular flexibility index (Phi) is 5.24. The van der Waals surface area contributed by atoms with Gasteiger partial charge in [-0.3, -0.25) is 19.2 Å². The summed E-state index contributed by atoms with van der Waals surface area (Å²) in [5.41, 5.74) is 1.79. The lowest BCUT2D eigenvalue weighted by Crippen LogP contribution is -2.26. The quantitative estimate of drug-likeness (QED) is 0.498. The number of amides is 1. The minimum atomic E-state index is -0.606. The summed E-state index contributed by atoms with van der Waals surface area (Å²) in [5, 5.41) is 5.17. The molecule has 150 valence electrons. The van der Waals surface area contributed by atoms with Crippen LogP contribution in [0.2, 0.25) is 0 Å². The fourth-order valence-electron chi connectivity index (χ4n) is 3.27. The lowest BCUT2D eigenvalue weighted by atomic mass is 9.83. The highest BCUT2D eigenvalue weighted by Crippen LogP contribution is 2.31. The Morgan fingerprint density at radius 1 is 1.00 bits per heavy atom. The molecule has 30 heavy (non-hydrogen) atoms. The summed E-state index contributed by atoms with van der Waals surface area (Å²) in [7, 11) is 0. The number of thiazole rings is 1. The summed E-state index contributed by atoms with van der Waals surface area (Å²) in [6.07, 6.45) is -0.0257. The topological polar surface area (TPSA) is 102 Å². The number of aromatic nitrogens is 1. The lowest BCUT2D eigenvalue weighted by molar-refractivity contribution is -0.146. The van der Waals surface area contributed by atoms with Gasteiger partial charge in [-0.05, 0) is 13.0 Å². The van der Waals surface area contributed by atoms with Crippen molar-refractivity contribution in [3.63, 3.8) is 0 Å². The van der Waals surface area contributed by atoms with Crippen molar-refractivity contribution in [3.05, 3.63) is 80.8 Å². The fraction of sp³-hybridized carbons (Fsp3) is 0.136. The Labute approximate surface area is 175 Å². The maximum atomic E-state index is 12.9. The summed E-state index contributed by atoms with van der Waals surface area (Å²) < 4.78 is 5.00. The van der Waals surface area contributed by atoms with Crippen LogP contribution >= 0.6 is 11.3 Å². The molecule has 1 heterocycles. The van der Waals surface area contributed by atoms with Gasteiger partial charge in [-0.2, -0.15) is 0 Å². The molecule has 0 saturated carbocycles. The fourth-order valence-corrected chi connectivity index (χ4v) is 3.88. The molecule has 1 N–H and O–H groups in total. The van der Waals surface area contributed by atoms with Crippen LogP contribution in [0, 0.1) is 6.92 Å². The predicted octanol–water partition coefficient (Wildman–Crippen LogP) is 2.95. The van der Waals surface area contributed by atoms with Crippen LogP contribution in [0.5, 0.6) is 0 Å². The zero-order valence-electron chi connectivity index (χ0n) is 15.9. The number of esters is 1. The highest BCUT2D eigenvalue weighted by Gasteiger charge is 2.31. The van der Waals surface area contributed by atoms with Gasteiger partial charge in [0.25, 0.3) is 5.91 Å². The standard InChI is InChI=1S/C22H16N2O5S/c1-12-23-13(11-30-12)9-19(26)29-10-18(25)24-17-8-4-7-16-20(17)22(28)15-6-3-2-5-14(15)21(16)27/h2-8,11H,9-10H2,1H3,(H,24,25). The van der Waals surface area contributed by atoms with Gasteiger partial charge in [-0.25, -0.2) is 4.98 Å². The molecule has 8 heteroatoms. The van der Waals surface area contributed by atoms with Gasteiger partial charge in [0.1, 0.15) is 0 Å². The van der Waals surface area contributed by atoms with Gasteiger partial charge in [0.2, 0.25) is 0 Å². The number of ketones is 2. The first kappa shape index (κ1) is 19.7. The largest absolute Gasteiger partial charge is 0.455 e. The third kappa shape index (κ3) is 3.77. The number of nitrogens with one attached hydrogen (secondary N) is 1. The maximum absolute atomic E-state index is 12.9. The van der Waals surface area contributed by atoms with E-state index in [9.17, 15) is 19.2 Å². The molecule has 0 aliphatic heterocycles. The number of aryl methyl sites for hydroxylation is 1. The van der Waals surface area contributed by atoms with Gasteiger partial charge in [0.15, 0.2) is 18.2 Å². The van der Waals surface area contributed by atoms with Crippen LogP contribution < -0.4 is 5.32 Å². The molecule has 1 amide bonds. The van der Waals surface area contributed by atoms with E-state index >= 15 is 0 Å². The second-order valence-corrected chi connectivity index (χ2v) is 7.74. The van der Waals surface area contributed by atoms with E-state index < -0.39 is 18.5 Å². The zero-order valence-corrected chi connectivity index (χ0v) is 16.7. The van der Waals surface area contributed by atoms with E-state index in [2.05, 4.69) is 10.3 Å². The van der Waals surface area contributed by atoms with Gasteiger partial charge in [0, 0.05) is 22.1 Å². The number of hydrogen-bond donors (Lipinski definition) is 1. The van der Waals surface area contributed by atoms with Crippen molar-refractivity contribution in [2.24, 2.45) is 0 Å². The Balaban J connectivity index is 1.47. The molecule has 0 unspecified atom stereocenters. The summed E-state index contributed by atoms with van der Waals surface area (Å²) in [6.45, 7) is 1.32. The van der Waals surface area contributed by atoms with E-state index in [0.717, 1.165) is 5.01 Å². The van der Waals surface area contributed by atoms with Gasteiger partial charge in [-0.15, -0.1) is 11.3 Å². The van der Waals surface area contributed by atoms with E-state index in [4.69, 9.17) is 4.74 Å². The second-order valence-electron chi connectivity index (χ2n) is 6.68. The van der Waals surface area contributed by atoms with Crippen LogP contribution in [0.15, 0.2) is 47.8 Å². The zero-order chi connectivity index (χ0) is 21.3. The van der Waals surface area contributed by atoms with Gasteiger partial charge in [0.05, 0.1) is 28.4 Å². The monoisotopic (exact) mass is 420 g/mol. The van der Waals surface area contributed by atoms with E-state index in [0.29, 0.717) is 16.8 Å². The number of ether oxygens (including phenoxy) is 1. The molecule has 3 aromatic rings. The van der Waals surface area contributed by atoms with Crippen LogP contribution in [0.4, 0.5) is 5.69 Å². The molecule has 0 fully saturated rings. The normalized spacial score (nSPS) is 12.2. The van der Waals surface area contributed by atoms with Crippen molar-refractivity contribution in [2.45, 2.75) is 13.3 Å². The average Bonchev–Trinajstić information content (AvgIpc) is 3.15.